The number of aromatic nitrogens is 2. The first kappa shape index (κ1) is 15.6. The fraction of sp³-hybridized carbons (Fsp3) is 0.800. The molecule has 1 aromatic heterocycles. The number of hydrogen-bond donors (Lipinski definition) is 0. The molecule has 4 nitrogen and oxygen atoms in total. The van der Waals surface area contributed by atoms with Gasteiger partial charge in [-0.25, -0.2) is 0 Å². The van der Waals surface area contributed by atoms with E-state index in [-0.39, 0.29) is 18.3 Å². The quantitative estimate of drug-likeness (QED) is 0.795. The maximum atomic E-state index is 6.05. The van der Waals surface area contributed by atoms with Crippen molar-refractivity contribution in [2.45, 2.75) is 72.1 Å². The van der Waals surface area contributed by atoms with Crippen molar-refractivity contribution in [3.05, 3.63) is 12.4 Å². The molecule has 0 bridgehead atoms. The van der Waals surface area contributed by atoms with Crippen molar-refractivity contribution in [3.63, 3.8) is 0 Å². The highest BCUT2D eigenvalue weighted by Gasteiger charge is 2.52. The fourth-order valence-corrected chi connectivity index (χ4v) is 2.48. The summed E-state index contributed by atoms with van der Waals surface area (Å²) >= 11 is 0. The minimum Gasteiger partial charge on any atom is -0.399 e. The molecule has 1 aliphatic heterocycles. The highest BCUT2D eigenvalue weighted by atomic mass is 16.7. The van der Waals surface area contributed by atoms with Crippen LogP contribution in [0.15, 0.2) is 12.4 Å². The lowest BCUT2D eigenvalue weighted by molar-refractivity contribution is 0.00578. The van der Waals surface area contributed by atoms with E-state index in [0.29, 0.717) is 12.0 Å². The summed E-state index contributed by atoms with van der Waals surface area (Å²) in [6, 6.07) is 0.395. The van der Waals surface area contributed by atoms with Crippen molar-refractivity contribution in [3.8, 4) is 0 Å². The second kappa shape index (κ2) is 5.19. The first-order valence-electron chi connectivity index (χ1n) is 7.52. The van der Waals surface area contributed by atoms with E-state index in [4.69, 9.17) is 9.31 Å². The number of rotatable bonds is 4. The van der Waals surface area contributed by atoms with E-state index in [0.717, 1.165) is 11.9 Å². The first-order valence-corrected chi connectivity index (χ1v) is 7.52. The van der Waals surface area contributed by atoms with Crippen LogP contribution in [0.1, 0.15) is 60.9 Å². The van der Waals surface area contributed by atoms with Crippen LogP contribution in [0.2, 0.25) is 0 Å². The van der Waals surface area contributed by atoms with Gasteiger partial charge in [-0.1, -0.05) is 13.8 Å². The Morgan fingerprint density at radius 1 is 1.15 bits per heavy atom. The van der Waals surface area contributed by atoms with E-state index in [1.54, 1.807) is 0 Å². The smallest absolute Gasteiger partial charge is 0.399 e. The van der Waals surface area contributed by atoms with Crippen molar-refractivity contribution in [2.75, 3.05) is 0 Å². The predicted octanol–water partition coefficient (Wildman–Crippen LogP) is 2.79. The third-order valence-electron chi connectivity index (χ3n) is 4.41. The third-order valence-corrected chi connectivity index (χ3v) is 4.41. The molecule has 0 aromatic carbocycles. The third kappa shape index (κ3) is 2.94. The Hall–Kier alpha value is -0.805. The molecule has 0 amide bonds. The van der Waals surface area contributed by atoms with E-state index in [1.165, 1.54) is 0 Å². The van der Waals surface area contributed by atoms with E-state index in [9.17, 15) is 0 Å². The summed E-state index contributed by atoms with van der Waals surface area (Å²) in [5, 5.41) is 4.47. The van der Waals surface area contributed by atoms with Gasteiger partial charge >= 0.3 is 7.12 Å². The van der Waals surface area contributed by atoms with Crippen molar-refractivity contribution >= 4 is 12.6 Å². The van der Waals surface area contributed by atoms with Crippen LogP contribution in [0.5, 0.6) is 0 Å². The summed E-state index contributed by atoms with van der Waals surface area (Å²) in [5.74, 6) is 0.662. The highest BCUT2D eigenvalue weighted by molar-refractivity contribution is 6.61. The molecule has 0 N–H and O–H groups in total. The average Bonchev–Trinajstić information content (AvgIpc) is 2.81. The molecule has 1 fully saturated rings. The molecule has 2 heterocycles. The van der Waals surface area contributed by atoms with Gasteiger partial charge in [0.15, 0.2) is 0 Å². The molecule has 0 radical (unpaired) electrons. The van der Waals surface area contributed by atoms with Crippen LogP contribution in [0.3, 0.4) is 0 Å². The van der Waals surface area contributed by atoms with E-state index < -0.39 is 0 Å². The van der Waals surface area contributed by atoms with Gasteiger partial charge in [-0.05, 0) is 47.0 Å². The van der Waals surface area contributed by atoms with Crippen LogP contribution in [0.4, 0.5) is 0 Å². The van der Waals surface area contributed by atoms with Crippen LogP contribution < -0.4 is 5.46 Å². The second-order valence-electron chi connectivity index (χ2n) is 7.32. The highest BCUT2D eigenvalue weighted by Crippen LogP contribution is 2.36. The topological polar surface area (TPSA) is 36.3 Å². The molecule has 0 saturated carbocycles. The number of nitrogens with zero attached hydrogens (tertiary/aromatic N) is 2. The first-order chi connectivity index (χ1) is 9.12. The number of hydrogen-bond acceptors (Lipinski definition) is 3. The van der Waals surface area contributed by atoms with E-state index in [1.807, 2.05) is 10.9 Å². The Morgan fingerprint density at radius 2 is 1.70 bits per heavy atom. The van der Waals surface area contributed by atoms with E-state index >= 15 is 0 Å². The minimum atomic E-state index is -0.319. The van der Waals surface area contributed by atoms with Gasteiger partial charge in [0.05, 0.1) is 11.2 Å². The molecule has 0 spiro atoms. The lowest BCUT2D eigenvalue weighted by atomic mass is 9.82. The zero-order chi connectivity index (χ0) is 15.1. The Morgan fingerprint density at radius 3 is 2.20 bits per heavy atom. The SMILES string of the molecule is CC(C)C[C@@H](C)n1cc(B2OC(C)(C)C(C)(C)O2)cn1. The zero-order valence-electron chi connectivity index (χ0n) is 13.8. The normalized spacial score (nSPS) is 22.5. The lowest BCUT2D eigenvalue weighted by Gasteiger charge is -2.32. The largest absolute Gasteiger partial charge is 0.498 e. The van der Waals surface area contributed by atoms with Crippen molar-refractivity contribution in [1.29, 1.82) is 0 Å². The van der Waals surface area contributed by atoms with Crippen LogP contribution in [0.25, 0.3) is 0 Å². The summed E-state index contributed by atoms with van der Waals surface area (Å²) in [6.45, 7) is 14.9. The van der Waals surface area contributed by atoms with Gasteiger partial charge in [0.1, 0.15) is 0 Å². The van der Waals surface area contributed by atoms with Crippen LogP contribution in [-0.4, -0.2) is 28.1 Å². The molecule has 1 aromatic rings. The van der Waals surface area contributed by atoms with Crippen LogP contribution in [-0.2, 0) is 9.31 Å². The standard InChI is InChI=1S/C15H27BN2O2/c1-11(2)8-12(3)18-10-13(9-17-18)16-19-14(4,5)15(6,7)20-16/h9-12H,8H2,1-7H3/t12-/m1/s1. The van der Waals surface area contributed by atoms with Gasteiger partial charge in [-0.3, -0.25) is 4.68 Å². The Balaban J connectivity index is 2.11. The maximum Gasteiger partial charge on any atom is 0.498 e. The molecular formula is C15H27BN2O2. The maximum absolute atomic E-state index is 6.05. The molecule has 0 aliphatic carbocycles. The van der Waals surface area contributed by atoms with Crippen LogP contribution >= 0.6 is 0 Å². The van der Waals surface area contributed by atoms with Gasteiger partial charge in [-0.2, -0.15) is 5.10 Å². The minimum absolute atomic E-state index is 0.302. The molecule has 1 atom stereocenters. The Bertz CT molecular complexity index is 452. The summed E-state index contributed by atoms with van der Waals surface area (Å²) < 4.78 is 14.1. The Labute approximate surface area is 123 Å². The molecule has 0 unspecified atom stereocenters. The second-order valence-corrected chi connectivity index (χ2v) is 7.32. The molecule has 5 heteroatoms. The monoisotopic (exact) mass is 278 g/mol. The summed E-state index contributed by atoms with van der Waals surface area (Å²) in [6.07, 6.45) is 5.03. The van der Waals surface area contributed by atoms with Crippen molar-refractivity contribution < 1.29 is 9.31 Å². The van der Waals surface area contributed by atoms with Crippen molar-refractivity contribution in [1.82, 2.24) is 9.78 Å². The average molecular weight is 278 g/mol. The van der Waals surface area contributed by atoms with Crippen molar-refractivity contribution in [2.24, 2.45) is 5.92 Å². The van der Waals surface area contributed by atoms with E-state index in [2.05, 4.69) is 59.8 Å². The molecular weight excluding hydrogens is 251 g/mol. The molecule has 2 rings (SSSR count). The van der Waals surface area contributed by atoms with Gasteiger partial charge < -0.3 is 9.31 Å². The predicted molar refractivity (Wildman–Crippen MR) is 82.1 cm³/mol. The zero-order valence-corrected chi connectivity index (χ0v) is 13.8. The Kier molecular flexibility index (Phi) is 4.04. The summed E-state index contributed by atoms with van der Waals surface area (Å²) in [4.78, 5) is 0. The van der Waals surface area contributed by atoms with Gasteiger partial charge in [0.2, 0.25) is 0 Å². The van der Waals surface area contributed by atoms with Gasteiger partial charge in [0.25, 0.3) is 0 Å². The van der Waals surface area contributed by atoms with Gasteiger partial charge in [-0.15, -0.1) is 0 Å². The molecule has 1 saturated heterocycles. The molecule has 112 valence electrons. The van der Waals surface area contributed by atoms with Crippen LogP contribution in [0, 0.1) is 5.92 Å². The molecule has 20 heavy (non-hydrogen) atoms. The summed E-state index contributed by atoms with van der Waals surface area (Å²) in [7, 11) is -0.319. The van der Waals surface area contributed by atoms with Gasteiger partial charge in [0, 0.05) is 23.9 Å². The summed E-state index contributed by atoms with van der Waals surface area (Å²) in [5.41, 5.74) is 0.395. The molecule has 1 aliphatic rings. The fourth-order valence-electron chi connectivity index (χ4n) is 2.48. The lowest BCUT2D eigenvalue weighted by Crippen LogP contribution is -2.41.